The number of amides is 1. The van der Waals surface area contributed by atoms with Crippen LogP contribution in [0.3, 0.4) is 0 Å². The van der Waals surface area contributed by atoms with E-state index in [-0.39, 0.29) is 18.9 Å². The molecule has 0 unspecified atom stereocenters. The van der Waals surface area contributed by atoms with E-state index in [0.29, 0.717) is 29.1 Å². The van der Waals surface area contributed by atoms with Crippen molar-refractivity contribution in [2.45, 2.75) is 6.42 Å². The lowest BCUT2D eigenvalue weighted by atomic mass is 10.2. The van der Waals surface area contributed by atoms with Gasteiger partial charge in [0.15, 0.2) is 11.5 Å². The highest BCUT2D eigenvalue weighted by Crippen LogP contribution is 2.38. The van der Waals surface area contributed by atoms with Gasteiger partial charge in [0.05, 0.1) is 27.2 Å². The Hall–Kier alpha value is -2.24. The van der Waals surface area contributed by atoms with Gasteiger partial charge in [-0.1, -0.05) is 0 Å². The molecule has 1 aromatic rings. The monoisotopic (exact) mass is 281 g/mol. The Morgan fingerprint density at radius 1 is 1.20 bits per heavy atom. The van der Waals surface area contributed by atoms with Gasteiger partial charge in [-0.15, -0.1) is 0 Å². The zero-order valence-electron chi connectivity index (χ0n) is 12.1. The number of nitrogens with zero attached hydrogens (tertiary/aromatic N) is 1. The van der Waals surface area contributed by atoms with Crippen molar-refractivity contribution in [3.63, 3.8) is 0 Å². The van der Waals surface area contributed by atoms with E-state index in [2.05, 4.69) is 0 Å². The van der Waals surface area contributed by atoms with Crippen molar-refractivity contribution in [2.24, 2.45) is 0 Å². The average Bonchev–Trinajstić information content (AvgIpc) is 2.46. The highest BCUT2D eigenvalue weighted by molar-refractivity contribution is 5.78. The molecule has 0 aromatic heterocycles. The third-order valence-corrected chi connectivity index (χ3v) is 2.68. The molecule has 0 saturated carbocycles. The Morgan fingerprint density at radius 2 is 1.75 bits per heavy atom. The summed E-state index contributed by atoms with van der Waals surface area (Å²) in [5, 5.41) is 0. The fourth-order valence-corrected chi connectivity index (χ4v) is 1.57. The minimum absolute atomic E-state index is 0.0348. The molecule has 0 aliphatic rings. The molecule has 110 valence electrons. The van der Waals surface area contributed by atoms with Gasteiger partial charge in [-0.2, -0.15) is 0 Å². The second kappa shape index (κ2) is 7.37. The van der Waals surface area contributed by atoms with Gasteiger partial charge < -0.3 is 19.1 Å². The smallest absolute Gasteiger partial charge is 0.225 e. The number of hydrogen-bond donors (Lipinski definition) is 0. The number of carbonyl (C=O) groups excluding carboxylic acids is 2. The summed E-state index contributed by atoms with van der Waals surface area (Å²) in [6, 6.07) is 3.11. The van der Waals surface area contributed by atoms with Gasteiger partial charge in [0.2, 0.25) is 11.7 Å². The Balaban J connectivity index is 2.87. The molecule has 6 heteroatoms. The topological polar surface area (TPSA) is 65.1 Å². The van der Waals surface area contributed by atoms with Gasteiger partial charge in [0.1, 0.15) is 6.29 Å². The molecular formula is C14H19NO5. The lowest BCUT2D eigenvalue weighted by Gasteiger charge is -2.15. The van der Waals surface area contributed by atoms with E-state index in [1.165, 1.54) is 19.1 Å². The Morgan fingerprint density at radius 3 is 2.15 bits per heavy atom. The summed E-state index contributed by atoms with van der Waals surface area (Å²) < 4.78 is 15.9. The summed E-state index contributed by atoms with van der Waals surface area (Å²) in [6.45, 7) is 0.199. The van der Waals surface area contributed by atoms with E-state index in [1.54, 1.807) is 26.2 Å². The highest BCUT2D eigenvalue weighted by atomic mass is 16.5. The van der Waals surface area contributed by atoms with Crippen molar-refractivity contribution in [1.82, 2.24) is 4.90 Å². The molecule has 0 N–H and O–H groups in total. The van der Waals surface area contributed by atoms with Gasteiger partial charge in [-0.25, -0.2) is 0 Å². The summed E-state index contributed by atoms with van der Waals surface area (Å²) in [7, 11) is 6.31. The van der Waals surface area contributed by atoms with Gasteiger partial charge >= 0.3 is 0 Å². The zero-order valence-corrected chi connectivity index (χ0v) is 12.1. The molecule has 0 bridgehead atoms. The lowest BCUT2D eigenvalue weighted by molar-refractivity contribution is -0.129. The summed E-state index contributed by atoms with van der Waals surface area (Å²) >= 11 is 0. The van der Waals surface area contributed by atoms with Crippen LogP contribution in [0.25, 0.3) is 0 Å². The Labute approximate surface area is 118 Å². The molecule has 0 fully saturated rings. The third kappa shape index (κ3) is 3.88. The molecule has 20 heavy (non-hydrogen) atoms. The number of rotatable bonds is 7. The van der Waals surface area contributed by atoms with Crippen LogP contribution in [0.1, 0.15) is 16.8 Å². The van der Waals surface area contributed by atoms with Crippen molar-refractivity contribution >= 4 is 12.2 Å². The SMILES string of the molecule is COc1cc(C=O)cc(OC)c1OCCC(=O)N(C)C. The van der Waals surface area contributed by atoms with Crippen LogP contribution in [0.4, 0.5) is 0 Å². The van der Waals surface area contributed by atoms with E-state index >= 15 is 0 Å². The van der Waals surface area contributed by atoms with Crippen molar-refractivity contribution < 1.29 is 23.8 Å². The zero-order chi connectivity index (χ0) is 15.1. The second-order valence-electron chi connectivity index (χ2n) is 4.26. The predicted molar refractivity (Wildman–Crippen MR) is 73.7 cm³/mol. The lowest BCUT2D eigenvalue weighted by Crippen LogP contribution is -2.23. The quantitative estimate of drug-likeness (QED) is 0.706. The van der Waals surface area contributed by atoms with E-state index < -0.39 is 0 Å². The summed E-state index contributed by atoms with van der Waals surface area (Å²) in [5.74, 6) is 1.13. The van der Waals surface area contributed by atoms with Gasteiger partial charge in [-0.05, 0) is 12.1 Å². The molecule has 0 radical (unpaired) electrons. The molecule has 1 amide bonds. The molecule has 0 aliphatic carbocycles. The number of carbonyl (C=O) groups is 2. The number of aldehydes is 1. The second-order valence-corrected chi connectivity index (χ2v) is 4.26. The molecule has 0 heterocycles. The normalized spacial score (nSPS) is 9.80. The van der Waals surface area contributed by atoms with E-state index in [0.717, 1.165) is 0 Å². The van der Waals surface area contributed by atoms with Gasteiger partial charge in [0, 0.05) is 19.7 Å². The maximum absolute atomic E-state index is 11.5. The molecule has 1 aromatic carbocycles. The number of benzene rings is 1. The van der Waals surface area contributed by atoms with Crippen molar-refractivity contribution in [3.05, 3.63) is 17.7 Å². The van der Waals surface area contributed by atoms with E-state index in [4.69, 9.17) is 14.2 Å². The van der Waals surface area contributed by atoms with Gasteiger partial charge in [0.25, 0.3) is 0 Å². The Bertz CT molecular complexity index is 459. The van der Waals surface area contributed by atoms with Crippen LogP contribution in [0.15, 0.2) is 12.1 Å². The molecule has 1 rings (SSSR count). The fraction of sp³-hybridized carbons (Fsp3) is 0.429. The van der Waals surface area contributed by atoms with Crippen molar-refractivity contribution in [1.29, 1.82) is 0 Å². The molecule has 0 aliphatic heterocycles. The van der Waals surface area contributed by atoms with E-state index in [9.17, 15) is 9.59 Å². The van der Waals surface area contributed by atoms with Gasteiger partial charge in [-0.3, -0.25) is 9.59 Å². The molecule has 0 atom stereocenters. The summed E-state index contributed by atoms with van der Waals surface area (Å²) in [5.41, 5.74) is 0.426. The van der Waals surface area contributed by atoms with Crippen LogP contribution in [-0.2, 0) is 4.79 Å². The molecular weight excluding hydrogens is 262 g/mol. The minimum atomic E-state index is -0.0348. The standard InChI is InChI=1S/C14H19NO5/c1-15(2)13(17)5-6-20-14-11(18-3)7-10(9-16)8-12(14)19-4/h7-9H,5-6H2,1-4H3. The maximum atomic E-state index is 11.5. The van der Waals surface area contributed by atoms with Crippen molar-refractivity contribution in [3.8, 4) is 17.2 Å². The average molecular weight is 281 g/mol. The first kappa shape index (κ1) is 15.8. The fourth-order valence-electron chi connectivity index (χ4n) is 1.57. The van der Waals surface area contributed by atoms with Crippen molar-refractivity contribution in [2.75, 3.05) is 34.9 Å². The predicted octanol–water partition coefficient (Wildman–Crippen LogP) is 1.37. The number of ether oxygens (including phenoxy) is 3. The van der Waals surface area contributed by atoms with Crippen LogP contribution >= 0.6 is 0 Å². The third-order valence-electron chi connectivity index (χ3n) is 2.68. The highest BCUT2D eigenvalue weighted by Gasteiger charge is 2.15. The first-order valence-corrected chi connectivity index (χ1v) is 6.07. The molecule has 0 saturated heterocycles. The van der Waals surface area contributed by atoms with Crippen LogP contribution < -0.4 is 14.2 Å². The van der Waals surface area contributed by atoms with Crippen LogP contribution in [-0.4, -0.2) is 52.0 Å². The first-order valence-electron chi connectivity index (χ1n) is 6.07. The summed E-state index contributed by atoms with van der Waals surface area (Å²) in [4.78, 5) is 23.8. The maximum Gasteiger partial charge on any atom is 0.225 e. The minimum Gasteiger partial charge on any atom is -0.493 e. The molecule has 6 nitrogen and oxygen atoms in total. The largest absolute Gasteiger partial charge is 0.493 e. The van der Waals surface area contributed by atoms with Crippen LogP contribution in [0, 0.1) is 0 Å². The Kier molecular flexibility index (Phi) is 5.83. The van der Waals surface area contributed by atoms with Crippen LogP contribution in [0.5, 0.6) is 17.2 Å². The summed E-state index contributed by atoms with van der Waals surface area (Å²) in [6.07, 6.45) is 0.944. The number of methoxy groups -OCH3 is 2. The first-order chi connectivity index (χ1) is 9.53. The number of hydrogen-bond acceptors (Lipinski definition) is 5. The van der Waals surface area contributed by atoms with E-state index in [1.807, 2.05) is 0 Å². The molecule has 0 spiro atoms. The van der Waals surface area contributed by atoms with Crippen LogP contribution in [0.2, 0.25) is 0 Å².